The highest BCUT2D eigenvalue weighted by Crippen LogP contribution is 2.13. The van der Waals surface area contributed by atoms with Crippen LogP contribution < -0.4 is 10.1 Å². The van der Waals surface area contributed by atoms with Crippen molar-refractivity contribution in [1.82, 2.24) is 5.32 Å². The number of aliphatic hydroxyl groups excluding tert-OH is 2. The zero-order valence-electron chi connectivity index (χ0n) is 11.3. The van der Waals surface area contributed by atoms with Crippen LogP contribution in [0.25, 0.3) is 0 Å². The SMILES string of the molecule is CCC(Oc1ccccc1)C(=O)NC(C)(CO)CO. The first-order valence-corrected chi connectivity index (χ1v) is 6.30. The van der Waals surface area contributed by atoms with E-state index in [1.807, 2.05) is 25.1 Å². The molecule has 0 bridgehead atoms. The maximum atomic E-state index is 12.1. The number of hydrogen-bond acceptors (Lipinski definition) is 4. The summed E-state index contributed by atoms with van der Waals surface area (Å²) in [5, 5.41) is 20.9. The molecule has 5 heteroatoms. The second-order valence-corrected chi connectivity index (χ2v) is 4.69. The minimum atomic E-state index is -1.04. The van der Waals surface area contributed by atoms with Crippen LogP contribution in [0.2, 0.25) is 0 Å². The summed E-state index contributed by atoms with van der Waals surface area (Å²) in [6.45, 7) is 2.73. The molecule has 0 aliphatic heterocycles. The van der Waals surface area contributed by atoms with E-state index in [0.29, 0.717) is 12.2 Å². The molecule has 1 unspecified atom stereocenters. The van der Waals surface area contributed by atoms with Crippen LogP contribution in [0.5, 0.6) is 5.75 Å². The van der Waals surface area contributed by atoms with E-state index < -0.39 is 11.6 Å². The van der Waals surface area contributed by atoms with E-state index in [4.69, 9.17) is 14.9 Å². The molecule has 0 saturated heterocycles. The molecule has 0 aromatic heterocycles. The molecular formula is C14H21NO4. The molecule has 106 valence electrons. The number of para-hydroxylation sites is 1. The number of rotatable bonds is 7. The Kier molecular flexibility index (Phi) is 5.79. The number of nitrogens with one attached hydrogen (secondary N) is 1. The molecule has 1 amide bonds. The summed E-state index contributed by atoms with van der Waals surface area (Å²) in [5.41, 5.74) is -1.04. The predicted molar refractivity (Wildman–Crippen MR) is 71.9 cm³/mol. The highest BCUT2D eigenvalue weighted by atomic mass is 16.5. The third-order valence-electron chi connectivity index (χ3n) is 2.81. The fourth-order valence-corrected chi connectivity index (χ4v) is 1.49. The molecule has 1 atom stereocenters. The lowest BCUT2D eigenvalue weighted by Gasteiger charge is -2.28. The van der Waals surface area contributed by atoms with Gasteiger partial charge in [-0.15, -0.1) is 0 Å². The smallest absolute Gasteiger partial charge is 0.261 e. The average molecular weight is 267 g/mol. The van der Waals surface area contributed by atoms with E-state index in [2.05, 4.69) is 5.32 Å². The highest BCUT2D eigenvalue weighted by molar-refractivity contribution is 5.81. The minimum absolute atomic E-state index is 0.336. The van der Waals surface area contributed by atoms with E-state index in [1.54, 1.807) is 19.1 Å². The summed E-state index contributed by atoms with van der Waals surface area (Å²) < 4.78 is 5.58. The first-order chi connectivity index (χ1) is 9.04. The summed E-state index contributed by atoms with van der Waals surface area (Å²) in [6, 6.07) is 9.06. The maximum Gasteiger partial charge on any atom is 0.261 e. The molecule has 1 aromatic rings. The van der Waals surface area contributed by atoms with Crippen LogP contribution in [0.3, 0.4) is 0 Å². The predicted octanol–water partition coefficient (Wildman–Crippen LogP) is 0.703. The Morgan fingerprint density at radius 1 is 1.32 bits per heavy atom. The van der Waals surface area contributed by atoms with Gasteiger partial charge < -0.3 is 20.3 Å². The maximum absolute atomic E-state index is 12.1. The van der Waals surface area contributed by atoms with Crippen LogP contribution in [0.4, 0.5) is 0 Å². The van der Waals surface area contributed by atoms with Gasteiger partial charge in [0.2, 0.25) is 0 Å². The number of hydrogen-bond donors (Lipinski definition) is 3. The molecule has 0 aliphatic rings. The van der Waals surface area contributed by atoms with Crippen molar-refractivity contribution in [2.75, 3.05) is 13.2 Å². The fraction of sp³-hybridized carbons (Fsp3) is 0.500. The molecule has 0 radical (unpaired) electrons. The Labute approximate surface area is 113 Å². The van der Waals surface area contributed by atoms with Gasteiger partial charge in [0, 0.05) is 0 Å². The molecule has 0 spiro atoms. The molecule has 0 heterocycles. The molecule has 19 heavy (non-hydrogen) atoms. The third-order valence-corrected chi connectivity index (χ3v) is 2.81. The third kappa shape index (κ3) is 4.54. The Hall–Kier alpha value is -1.59. The van der Waals surface area contributed by atoms with Crippen molar-refractivity contribution >= 4 is 5.91 Å². The molecular weight excluding hydrogens is 246 g/mol. The summed E-state index contributed by atoms with van der Waals surface area (Å²) >= 11 is 0. The van der Waals surface area contributed by atoms with Crippen LogP contribution in [0.1, 0.15) is 20.3 Å². The second-order valence-electron chi connectivity index (χ2n) is 4.69. The van der Waals surface area contributed by atoms with Crippen LogP contribution in [-0.4, -0.2) is 41.0 Å². The molecule has 5 nitrogen and oxygen atoms in total. The zero-order valence-corrected chi connectivity index (χ0v) is 11.3. The highest BCUT2D eigenvalue weighted by Gasteiger charge is 2.28. The molecule has 1 rings (SSSR count). The Bertz CT molecular complexity index is 390. The Balaban J connectivity index is 2.67. The minimum Gasteiger partial charge on any atom is -0.481 e. The molecule has 0 fully saturated rings. The first kappa shape index (κ1) is 15.5. The van der Waals surface area contributed by atoms with Gasteiger partial charge in [0.05, 0.1) is 18.8 Å². The van der Waals surface area contributed by atoms with Crippen LogP contribution in [0, 0.1) is 0 Å². The summed E-state index contributed by atoms with van der Waals surface area (Å²) in [4.78, 5) is 12.1. The average Bonchev–Trinajstić information content (AvgIpc) is 2.45. The monoisotopic (exact) mass is 267 g/mol. The van der Waals surface area contributed by atoms with E-state index in [9.17, 15) is 4.79 Å². The summed E-state index contributed by atoms with van der Waals surface area (Å²) in [5.74, 6) is 0.260. The van der Waals surface area contributed by atoms with Crippen molar-refractivity contribution < 1.29 is 19.7 Å². The lowest BCUT2D eigenvalue weighted by atomic mass is 10.0. The van der Waals surface area contributed by atoms with Gasteiger partial charge in [-0.1, -0.05) is 25.1 Å². The van der Waals surface area contributed by atoms with E-state index in [1.165, 1.54) is 0 Å². The lowest BCUT2D eigenvalue weighted by molar-refractivity contribution is -0.131. The zero-order chi connectivity index (χ0) is 14.3. The second kappa shape index (κ2) is 7.11. The van der Waals surface area contributed by atoms with Crippen LogP contribution >= 0.6 is 0 Å². The van der Waals surface area contributed by atoms with Gasteiger partial charge in [-0.05, 0) is 25.5 Å². The van der Waals surface area contributed by atoms with Crippen molar-refractivity contribution in [3.05, 3.63) is 30.3 Å². The molecule has 0 aliphatic carbocycles. The number of amides is 1. The van der Waals surface area contributed by atoms with Crippen LogP contribution in [-0.2, 0) is 4.79 Å². The molecule has 3 N–H and O–H groups in total. The quantitative estimate of drug-likeness (QED) is 0.679. The van der Waals surface area contributed by atoms with E-state index in [-0.39, 0.29) is 19.1 Å². The van der Waals surface area contributed by atoms with Crippen molar-refractivity contribution in [3.63, 3.8) is 0 Å². The van der Waals surface area contributed by atoms with Crippen molar-refractivity contribution in [1.29, 1.82) is 0 Å². The van der Waals surface area contributed by atoms with Gasteiger partial charge in [-0.3, -0.25) is 4.79 Å². The molecule has 1 aromatic carbocycles. The van der Waals surface area contributed by atoms with Gasteiger partial charge in [-0.2, -0.15) is 0 Å². The Morgan fingerprint density at radius 2 is 1.89 bits per heavy atom. The van der Waals surface area contributed by atoms with Gasteiger partial charge in [0.15, 0.2) is 6.10 Å². The molecule has 0 saturated carbocycles. The normalized spacial score (nSPS) is 12.8. The van der Waals surface area contributed by atoms with E-state index >= 15 is 0 Å². The Morgan fingerprint density at radius 3 is 2.37 bits per heavy atom. The first-order valence-electron chi connectivity index (χ1n) is 6.30. The topological polar surface area (TPSA) is 78.8 Å². The number of carbonyl (C=O) groups excluding carboxylic acids is 1. The van der Waals surface area contributed by atoms with Crippen LogP contribution in [0.15, 0.2) is 30.3 Å². The van der Waals surface area contributed by atoms with Crippen molar-refractivity contribution in [2.45, 2.75) is 31.9 Å². The van der Waals surface area contributed by atoms with Crippen molar-refractivity contribution in [3.8, 4) is 5.75 Å². The standard InChI is InChI=1S/C14H21NO4/c1-3-12(19-11-7-5-4-6-8-11)13(18)15-14(2,9-16)10-17/h4-8,12,16-17H,3,9-10H2,1-2H3,(H,15,18). The number of aliphatic hydroxyl groups is 2. The number of ether oxygens (including phenoxy) is 1. The number of carbonyl (C=O) groups is 1. The van der Waals surface area contributed by atoms with Crippen molar-refractivity contribution in [2.24, 2.45) is 0 Å². The number of benzene rings is 1. The largest absolute Gasteiger partial charge is 0.481 e. The summed E-state index contributed by atoms with van der Waals surface area (Å²) in [7, 11) is 0. The lowest BCUT2D eigenvalue weighted by Crippen LogP contribution is -2.55. The fourth-order valence-electron chi connectivity index (χ4n) is 1.49. The summed E-state index contributed by atoms with van der Waals surface area (Å²) in [6.07, 6.45) is -0.159. The van der Waals surface area contributed by atoms with Gasteiger partial charge in [0.1, 0.15) is 5.75 Å². The van der Waals surface area contributed by atoms with E-state index in [0.717, 1.165) is 0 Å². The van der Waals surface area contributed by atoms with Gasteiger partial charge in [0.25, 0.3) is 5.91 Å². The van der Waals surface area contributed by atoms with Gasteiger partial charge in [-0.25, -0.2) is 0 Å². The van der Waals surface area contributed by atoms with Gasteiger partial charge >= 0.3 is 0 Å².